The Morgan fingerprint density at radius 2 is 1.86 bits per heavy atom. The second-order valence-corrected chi connectivity index (χ2v) is 4.48. The minimum atomic E-state index is -0.405. The van der Waals surface area contributed by atoms with Crippen molar-refractivity contribution in [1.82, 2.24) is 0 Å². The smallest absolute Gasteiger partial charge is 0.259 e. The number of halogens is 1. The molecular formula is C16H16FNO3. The topological polar surface area (TPSA) is 47.6 Å². The molecule has 0 spiro atoms. The van der Waals surface area contributed by atoms with Crippen molar-refractivity contribution in [3.8, 4) is 11.5 Å². The molecule has 4 nitrogen and oxygen atoms in total. The summed E-state index contributed by atoms with van der Waals surface area (Å²) in [5.41, 5.74) is 1.55. The van der Waals surface area contributed by atoms with Gasteiger partial charge in [0.2, 0.25) is 0 Å². The number of carbonyl (C=O) groups is 1. The van der Waals surface area contributed by atoms with Gasteiger partial charge in [-0.3, -0.25) is 4.79 Å². The molecule has 0 atom stereocenters. The minimum absolute atomic E-state index is 0.349. The number of aryl methyl sites for hydroxylation is 1. The molecule has 0 heterocycles. The van der Waals surface area contributed by atoms with E-state index in [0.717, 1.165) is 5.56 Å². The van der Waals surface area contributed by atoms with Crippen LogP contribution in [0.25, 0.3) is 0 Å². The van der Waals surface area contributed by atoms with Crippen molar-refractivity contribution >= 4 is 11.6 Å². The lowest BCUT2D eigenvalue weighted by Gasteiger charge is -2.12. The summed E-state index contributed by atoms with van der Waals surface area (Å²) in [6.45, 7) is 1.79. The summed E-state index contributed by atoms with van der Waals surface area (Å²) in [4.78, 5) is 12.3. The van der Waals surface area contributed by atoms with Gasteiger partial charge in [0, 0.05) is 11.8 Å². The van der Waals surface area contributed by atoms with E-state index in [1.165, 1.54) is 26.4 Å². The molecule has 0 aliphatic carbocycles. The molecule has 1 amide bonds. The summed E-state index contributed by atoms with van der Waals surface area (Å²) in [5, 5.41) is 2.68. The molecule has 2 aromatic rings. The van der Waals surface area contributed by atoms with Gasteiger partial charge >= 0.3 is 0 Å². The number of carbonyl (C=O) groups excluding carboxylic acids is 1. The zero-order valence-electron chi connectivity index (χ0n) is 12.1. The lowest BCUT2D eigenvalue weighted by Crippen LogP contribution is -2.14. The Labute approximate surface area is 122 Å². The Kier molecular flexibility index (Phi) is 4.42. The number of benzene rings is 2. The number of ether oxygens (including phenoxy) is 2. The van der Waals surface area contributed by atoms with E-state index in [4.69, 9.17) is 9.47 Å². The first-order valence-electron chi connectivity index (χ1n) is 6.34. The molecule has 0 fully saturated rings. The van der Waals surface area contributed by atoms with Crippen LogP contribution >= 0.6 is 0 Å². The van der Waals surface area contributed by atoms with Crippen molar-refractivity contribution < 1.29 is 18.7 Å². The fraction of sp³-hybridized carbons (Fsp3) is 0.188. The summed E-state index contributed by atoms with van der Waals surface area (Å²) in [6, 6.07) is 9.11. The van der Waals surface area contributed by atoms with Gasteiger partial charge in [-0.1, -0.05) is 6.07 Å². The van der Waals surface area contributed by atoms with Crippen LogP contribution in [0.3, 0.4) is 0 Å². The molecular weight excluding hydrogens is 273 g/mol. The number of hydrogen-bond donors (Lipinski definition) is 1. The third-order valence-corrected chi connectivity index (χ3v) is 3.10. The summed E-state index contributed by atoms with van der Waals surface area (Å²) in [7, 11) is 3.00. The van der Waals surface area contributed by atoms with Gasteiger partial charge in [-0.25, -0.2) is 4.39 Å². The summed E-state index contributed by atoms with van der Waals surface area (Å²) in [6.07, 6.45) is 0. The Hall–Kier alpha value is -2.56. The highest BCUT2D eigenvalue weighted by molar-refractivity contribution is 6.06. The first kappa shape index (κ1) is 14.8. The van der Waals surface area contributed by atoms with Gasteiger partial charge in [-0.15, -0.1) is 0 Å². The van der Waals surface area contributed by atoms with Gasteiger partial charge in [-0.2, -0.15) is 0 Å². The molecule has 0 bridgehead atoms. The third kappa shape index (κ3) is 3.31. The number of methoxy groups -OCH3 is 2. The van der Waals surface area contributed by atoms with Crippen molar-refractivity contribution in [3.05, 3.63) is 53.3 Å². The lowest BCUT2D eigenvalue weighted by atomic mass is 10.1. The summed E-state index contributed by atoms with van der Waals surface area (Å²) < 4.78 is 23.5. The average molecular weight is 289 g/mol. The SMILES string of the molecule is COc1ccc(C(=O)Nc2cc(F)ccc2C)c(OC)c1. The van der Waals surface area contributed by atoms with Crippen LogP contribution in [0.4, 0.5) is 10.1 Å². The van der Waals surface area contributed by atoms with Crippen LogP contribution in [0.15, 0.2) is 36.4 Å². The van der Waals surface area contributed by atoms with Crippen LogP contribution in [0.1, 0.15) is 15.9 Å². The fourth-order valence-electron chi connectivity index (χ4n) is 1.90. The van der Waals surface area contributed by atoms with Crippen LogP contribution in [-0.4, -0.2) is 20.1 Å². The largest absolute Gasteiger partial charge is 0.497 e. The highest BCUT2D eigenvalue weighted by Gasteiger charge is 2.14. The Bertz CT molecular complexity index is 671. The van der Waals surface area contributed by atoms with Gasteiger partial charge in [0.05, 0.1) is 19.8 Å². The normalized spacial score (nSPS) is 10.1. The molecule has 1 N–H and O–H groups in total. The van der Waals surface area contributed by atoms with Crippen LogP contribution in [-0.2, 0) is 0 Å². The Balaban J connectivity index is 2.30. The fourth-order valence-corrected chi connectivity index (χ4v) is 1.90. The van der Waals surface area contributed by atoms with E-state index in [1.807, 2.05) is 0 Å². The van der Waals surface area contributed by atoms with Crippen LogP contribution < -0.4 is 14.8 Å². The molecule has 0 unspecified atom stereocenters. The summed E-state index contributed by atoms with van der Waals surface area (Å²) in [5.74, 6) is 0.201. The molecule has 2 aromatic carbocycles. The second kappa shape index (κ2) is 6.26. The highest BCUT2D eigenvalue weighted by Crippen LogP contribution is 2.26. The van der Waals surface area contributed by atoms with E-state index in [0.29, 0.717) is 22.7 Å². The van der Waals surface area contributed by atoms with E-state index >= 15 is 0 Å². The van der Waals surface area contributed by atoms with Crippen LogP contribution in [0.2, 0.25) is 0 Å². The maximum atomic E-state index is 13.3. The number of rotatable bonds is 4. The van der Waals surface area contributed by atoms with Gasteiger partial charge in [0.25, 0.3) is 5.91 Å². The summed E-state index contributed by atoms with van der Waals surface area (Å²) >= 11 is 0. The molecule has 0 radical (unpaired) electrons. The number of anilines is 1. The van der Waals surface area contributed by atoms with Gasteiger partial charge < -0.3 is 14.8 Å². The standard InChI is InChI=1S/C16H16FNO3/c1-10-4-5-11(17)8-14(10)18-16(19)13-7-6-12(20-2)9-15(13)21-3/h4-9H,1-3H3,(H,18,19). The number of hydrogen-bond acceptors (Lipinski definition) is 3. The van der Waals surface area contributed by atoms with Crippen molar-refractivity contribution in [3.63, 3.8) is 0 Å². The van der Waals surface area contributed by atoms with E-state index in [-0.39, 0.29) is 5.91 Å². The monoisotopic (exact) mass is 289 g/mol. The van der Waals surface area contributed by atoms with E-state index < -0.39 is 5.82 Å². The highest BCUT2D eigenvalue weighted by atomic mass is 19.1. The van der Waals surface area contributed by atoms with E-state index in [2.05, 4.69) is 5.32 Å². The van der Waals surface area contributed by atoms with Gasteiger partial charge in [-0.05, 0) is 36.8 Å². The predicted molar refractivity (Wildman–Crippen MR) is 78.6 cm³/mol. The van der Waals surface area contributed by atoms with Crippen molar-refractivity contribution in [2.45, 2.75) is 6.92 Å². The molecule has 2 rings (SSSR count). The Morgan fingerprint density at radius 1 is 1.10 bits per heavy atom. The zero-order valence-corrected chi connectivity index (χ0v) is 12.1. The first-order chi connectivity index (χ1) is 10.0. The number of amides is 1. The quantitative estimate of drug-likeness (QED) is 0.938. The van der Waals surface area contributed by atoms with Crippen molar-refractivity contribution in [1.29, 1.82) is 0 Å². The molecule has 5 heteroatoms. The molecule has 0 aliphatic heterocycles. The van der Waals surface area contributed by atoms with Crippen LogP contribution in [0.5, 0.6) is 11.5 Å². The maximum Gasteiger partial charge on any atom is 0.259 e. The van der Waals surface area contributed by atoms with Crippen molar-refractivity contribution in [2.24, 2.45) is 0 Å². The predicted octanol–water partition coefficient (Wildman–Crippen LogP) is 3.40. The van der Waals surface area contributed by atoms with Crippen molar-refractivity contribution in [2.75, 3.05) is 19.5 Å². The molecule has 21 heavy (non-hydrogen) atoms. The third-order valence-electron chi connectivity index (χ3n) is 3.10. The average Bonchev–Trinajstić information content (AvgIpc) is 2.50. The lowest BCUT2D eigenvalue weighted by molar-refractivity contribution is 0.102. The van der Waals surface area contributed by atoms with Crippen LogP contribution in [0, 0.1) is 12.7 Å². The molecule has 0 saturated carbocycles. The molecule has 110 valence electrons. The maximum absolute atomic E-state index is 13.3. The minimum Gasteiger partial charge on any atom is -0.497 e. The van der Waals surface area contributed by atoms with Gasteiger partial charge in [0.1, 0.15) is 17.3 Å². The van der Waals surface area contributed by atoms with E-state index in [1.54, 1.807) is 31.2 Å². The van der Waals surface area contributed by atoms with Gasteiger partial charge in [0.15, 0.2) is 0 Å². The molecule has 0 saturated heterocycles. The Morgan fingerprint density at radius 3 is 2.52 bits per heavy atom. The number of nitrogens with one attached hydrogen (secondary N) is 1. The second-order valence-electron chi connectivity index (χ2n) is 4.48. The molecule has 0 aromatic heterocycles. The molecule has 0 aliphatic rings. The zero-order chi connectivity index (χ0) is 15.4. The van der Waals surface area contributed by atoms with E-state index in [9.17, 15) is 9.18 Å². The first-order valence-corrected chi connectivity index (χ1v) is 6.34.